The molecule has 168 valence electrons. The Morgan fingerprint density at radius 1 is 1.20 bits per heavy atom. The molecule has 1 aliphatic rings. The minimum Gasteiger partial charge on any atom is -0.450 e. The van der Waals surface area contributed by atoms with Gasteiger partial charge in [0.2, 0.25) is 0 Å². The van der Waals surface area contributed by atoms with E-state index in [4.69, 9.17) is 4.74 Å². The van der Waals surface area contributed by atoms with E-state index in [0.29, 0.717) is 31.8 Å². The van der Waals surface area contributed by atoms with Crippen molar-refractivity contribution in [2.24, 2.45) is 4.99 Å². The highest BCUT2D eigenvalue weighted by atomic mass is 16.6. The van der Waals surface area contributed by atoms with Gasteiger partial charge in [0.25, 0.3) is 0 Å². The molecule has 0 bridgehead atoms. The monoisotopic (exact) mass is 417 g/mol. The van der Waals surface area contributed by atoms with Gasteiger partial charge in [-0.25, -0.2) is 4.79 Å². The van der Waals surface area contributed by atoms with E-state index in [2.05, 4.69) is 64.7 Å². The first-order valence-electron chi connectivity index (χ1n) is 11.3. The van der Waals surface area contributed by atoms with Crippen molar-refractivity contribution in [2.45, 2.75) is 52.1 Å². The van der Waals surface area contributed by atoms with E-state index in [9.17, 15) is 4.79 Å². The third-order valence-electron chi connectivity index (χ3n) is 5.73. The molecule has 7 heteroatoms. The van der Waals surface area contributed by atoms with E-state index in [1.807, 2.05) is 14.0 Å². The maximum Gasteiger partial charge on any atom is 0.409 e. The first-order valence-corrected chi connectivity index (χ1v) is 11.3. The third kappa shape index (κ3) is 7.52. The topological polar surface area (TPSA) is 69.2 Å². The summed E-state index contributed by atoms with van der Waals surface area (Å²) in [5.41, 5.74) is 1.35. The number of nitrogens with zero attached hydrogens (tertiary/aromatic N) is 3. The zero-order chi connectivity index (χ0) is 21.8. The van der Waals surface area contributed by atoms with Crippen LogP contribution in [0.25, 0.3) is 0 Å². The zero-order valence-electron chi connectivity index (χ0n) is 19.1. The summed E-state index contributed by atoms with van der Waals surface area (Å²) in [7, 11) is 1.81. The predicted molar refractivity (Wildman–Crippen MR) is 123 cm³/mol. The second-order valence-electron chi connectivity index (χ2n) is 7.62. The van der Waals surface area contributed by atoms with Gasteiger partial charge in [-0.2, -0.15) is 0 Å². The number of ether oxygens (including phenoxy) is 1. The molecular formula is C23H39N5O2. The summed E-state index contributed by atoms with van der Waals surface area (Å²) >= 11 is 0. The Hall–Kier alpha value is -2.28. The van der Waals surface area contributed by atoms with Crippen molar-refractivity contribution >= 4 is 12.1 Å². The van der Waals surface area contributed by atoms with Gasteiger partial charge in [0.1, 0.15) is 0 Å². The third-order valence-corrected chi connectivity index (χ3v) is 5.73. The van der Waals surface area contributed by atoms with Crippen LogP contribution in [0.4, 0.5) is 4.79 Å². The Balaban J connectivity index is 1.86. The molecule has 1 aromatic rings. The van der Waals surface area contributed by atoms with Crippen LogP contribution in [0.5, 0.6) is 0 Å². The molecule has 2 N–H and O–H groups in total. The van der Waals surface area contributed by atoms with E-state index in [1.54, 1.807) is 4.90 Å². The lowest BCUT2D eigenvalue weighted by molar-refractivity contribution is 0.0963. The molecule has 30 heavy (non-hydrogen) atoms. The van der Waals surface area contributed by atoms with E-state index in [-0.39, 0.29) is 6.09 Å². The quantitative estimate of drug-likeness (QED) is 0.478. The SMILES string of the molecule is CCOC(=O)N1CCC(NC(=NC)NCC(Cc2ccccc2)N(CC)CC)CC1. The molecule has 1 unspecified atom stereocenters. The molecule has 2 rings (SSSR count). The summed E-state index contributed by atoms with van der Waals surface area (Å²) in [6, 6.07) is 11.4. The summed E-state index contributed by atoms with van der Waals surface area (Å²) in [5, 5.41) is 7.07. The van der Waals surface area contributed by atoms with E-state index < -0.39 is 0 Å². The van der Waals surface area contributed by atoms with Crippen LogP contribution in [0.1, 0.15) is 39.2 Å². The van der Waals surface area contributed by atoms with Gasteiger partial charge in [0, 0.05) is 38.8 Å². The van der Waals surface area contributed by atoms with Gasteiger partial charge in [-0.3, -0.25) is 9.89 Å². The number of amides is 1. The first-order chi connectivity index (χ1) is 14.6. The fourth-order valence-corrected chi connectivity index (χ4v) is 3.98. The van der Waals surface area contributed by atoms with E-state index in [0.717, 1.165) is 44.9 Å². The van der Waals surface area contributed by atoms with Crippen molar-refractivity contribution < 1.29 is 9.53 Å². The normalized spacial score (nSPS) is 16.4. The molecule has 7 nitrogen and oxygen atoms in total. The molecular weight excluding hydrogens is 378 g/mol. The summed E-state index contributed by atoms with van der Waals surface area (Å²) in [5.74, 6) is 0.829. The number of piperidine rings is 1. The Bertz CT molecular complexity index is 640. The summed E-state index contributed by atoms with van der Waals surface area (Å²) < 4.78 is 5.10. The molecule has 1 fully saturated rings. The smallest absolute Gasteiger partial charge is 0.409 e. The van der Waals surface area contributed by atoms with E-state index in [1.165, 1.54) is 5.56 Å². The number of benzene rings is 1. The Kier molecular flexibility index (Phi) is 10.5. The van der Waals surface area contributed by atoms with Crippen LogP contribution >= 0.6 is 0 Å². The van der Waals surface area contributed by atoms with Crippen LogP contribution in [0.3, 0.4) is 0 Å². The highest BCUT2D eigenvalue weighted by Crippen LogP contribution is 2.12. The Morgan fingerprint density at radius 2 is 1.87 bits per heavy atom. The second kappa shape index (κ2) is 13.1. The zero-order valence-corrected chi connectivity index (χ0v) is 19.1. The molecule has 1 aromatic carbocycles. The van der Waals surface area contributed by atoms with Gasteiger partial charge >= 0.3 is 6.09 Å². The first kappa shape index (κ1) is 24.0. The highest BCUT2D eigenvalue weighted by molar-refractivity contribution is 5.80. The van der Waals surface area contributed by atoms with Gasteiger partial charge < -0.3 is 20.3 Å². The van der Waals surface area contributed by atoms with Gasteiger partial charge in [-0.15, -0.1) is 0 Å². The van der Waals surface area contributed by atoms with Gasteiger partial charge in [-0.1, -0.05) is 44.2 Å². The molecule has 0 aromatic heterocycles. The molecule has 0 aliphatic carbocycles. The van der Waals surface area contributed by atoms with Crippen LogP contribution in [0.15, 0.2) is 35.3 Å². The summed E-state index contributed by atoms with van der Waals surface area (Å²) in [6.07, 6.45) is 2.58. The van der Waals surface area contributed by atoms with Crippen molar-refractivity contribution in [2.75, 3.05) is 46.4 Å². The van der Waals surface area contributed by atoms with Crippen molar-refractivity contribution in [3.8, 4) is 0 Å². The molecule has 0 saturated carbocycles. The number of guanidine groups is 1. The lowest BCUT2D eigenvalue weighted by Gasteiger charge is -2.33. The molecule has 1 heterocycles. The molecule has 0 spiro atoms. The van der Waals surface area contributed by atoms with Crippen molar-refractivity contribution in [3.05, 3.63) is 35.9 Å². The standard InChI is InChI=1S/C23H39N5O2/c1-5-27(6-2)21(17-19-11-9-8-10-12-19)18-25-22(24-4)26-20-13-15-28(16-14-20)23(29)30-7-3/h8-12,20-21H,5-7,13-18H2,1-4H3,(H2,24,25,26). The molecule has 1 amide bonds. The van der Waals surface area contributed by atoms with Crippen molar-refractivity contribution in [1.29, 1.82) is 0 Å². The molecule has 1 aliphatic heterocycles. The minimum atomic E-state index is -0.207. The van der Waals surface area contributed by atoms with E-state index >= 15 is 0 Å². The predicted octanol–water partition coefficient (Wildman–Crippen LogP) is 2.73. The fraction of sp³-hybridized carbons (Fsp3) is 0.652. The van der Waals surface area contributed by atoms with Crippen LogP contribution in [0, 0.1) is 0 Å². The lowest BCUT2D eigenvalue weighted by Crippen LogP contribution is -2.52. The van der Waals surface area contributed by atoms with Crippen LogP contribution in [-0.4, -0.2) is 80.3 Å². The van der Waals surface area contributed by atoms with Crippen LogP contribution < -0.4 is 10.6 Å². The van der Waals surface area contributed by atoms with Crippen molar-refractivity contribution in [3.63, 3.8) is 0 Å². The molecule has 1 saturated heterocycles. The Labute approximate surface area is 181 Å². The number of hydrogen-bond donors (Lipinski definition) is 2. The number of carbonyl (C=O) groups is 1. The largest absolute Gasteiger partial charge is 0.450 e. The maximum atomic E-state index is 11.9. The van der Waals surface area contributed by atoms with Crippen LogP contribution in [-0.2, 0) is 11.2 Å². The number of aliphatic imine (C=N–C) groups is 1. The molecule has 0 radical (unpaired) electrons. The number of likely N-dealkylation sites (N-methyl/N-ethyl adjacent to an activating group) is 1. The number of carbonyl (C=O) groups excluding carboxylic acids is 1. The number of nitrogens with one attached hydrogen (secondary N) is 2. The van der Waals surface area contributed by atoms with Gasteiger partial charge in [0.05, 0.1) is 6.61 Å². The fourth-order valence-electron chi connectivity index (χ4n) is 3.98. The average molecular weight is 418 g/mol. The highest BCUT2D eigenvalue weighted by Gasteiger charge is 2.24. The Morgan fingerprint density at radius 3 is 2.43 bits per heavy atom. The summed E-state index contributed by atoms with van der Waals surface area (Å²) in [4.78, 5) is 20.6. The second-order valence-corrected chi connectivity index (χ2v) is 7.62. The minimum absolute atomic E-state index is 0.207. The maximum absolute atomic E-state index is 11.9. The number of hydrogen-bond acceptors (Lipinski definition) is 4. The van der Waals surface area contributed by atoms with Gasteiger partial charge in [-0.05, 0) is 44.8 Å². The summed E-state index contributed by atoms with van der Waals surface area (Å²) in [6.45, 7) is 11.0. The lowest BCUT2D eigenvalue weighted by atomic mass is 10.0. The number of rotatable bonds is 9. The number of likely N-dealkylation sites (tertiary alicyclic amines) is 1. The van der Waals surface area contributed by atoms with Crippen LogP contribution in [0.2, 0.25) is 0 Å². The molecule has 1 atom stereocenters. The average Bonchev–Trinajstić information content (AvgIpc) is 2.78. The van der Waals surface area contributed by atoms with Gasteiger partial charge in [0.15, 0.2) is 5.96 Å². The van der Waals surface area contributed by atoms with Crippen molar-refractivity contribution in [1.82, 2.24) is 20.4 Å².